The number of hydrogen-bond acceptors (Lipinski definition) is 6. The van der Waals surface area contributed by atoms with Crippen LogP contribution in [0.5, 0.6) is 5.88 Å². The van der Waals surface area contributed by atoms with E-state index in [1.165, 1.54) is 6.20 Å². The fourth-order valence-corrected chi connectivity index (χ4v) is 6.92. The third-order valence-electron chi connectivity index (χ3n) is 8.74. The third-order valence-corrected chi connectivity index (χ3v) is 8.74. The Morgan fingerprint density at radius 3 is 3.00 bits per heavy atom. The van der Waals surface area contributed by atoms with Crippen molar-refractivity contribution in [3.63, 3.8) is 0 Å². The first-order chi connectivity index (χ1) is 16.1. The van der Waals surface area contributed by atoms with Crippen LogP contribution in [0.15, 0.2) is 30.7 Å². The summed E-state index contributed by atoms with van der Waals surface area (Å²) in [6, 6.07) is 3.34. The average Bonchev–Trinajstić information content (AvgIpc) is 3.45. The summed E-state index contributed by atoms with van der Waals surface area (Å²) in [6.07, 6.45) is 10.5. The Balaban J connectivity index is 1.35. The fraction of sp³-hybridized carbons (Fsp3) is 0.500. The molecule has 8 nitrogen and oxygen atoms in total. The molecule has 0 spiro atoms. The Bertz CT molecular complexity index is 1350. The monoisotopic (exact) mass is 446 g/mol. The summed E-state index contributed by atoms with van der Waals surface area (Å²) in [5.74, 6) is 0.721. The fourth-order valence-electron chi connectivity index (χ4n) is 6.92. The molecule has 0 unspecified atom stereocenters. The SMILES string of the molecule is O=C1N[C@@H]2CCCC[C@H]2Oc2ncc(F)cc2[C@@H]2N(CC34CC23C4)c2ccn3ncc1c3n2. The van der Waals surface area contributed by atoms with Crippen LogP contribution >= 0.6 is 0 Å². The van der Waals surface area contributed by atoms with Gasteiger partial charge in [0.05, 0.1) is 24.5 Å². The van der Waals surface area contributed by atoms with E-state index in [9.17, 15) is 9.18 Å². The quantitative estimate of drug-likeness (QED) is 0.572. The summed E-state index contributed by atoms with van der Waals surface area (Å²) < 4.78 is 22.7. The number of rotatable bonds is 0. The van der Waals surface area contributed by atoms with Crippen molar-refractivity contribution >= 4 is 17.4 Å². The van der Waals surface area contributed by atoms with E-state index < -0.39 is 0 Å². The van der Waals surface area contributed by atoms with Gasteiger partial charge in [-0.05, 0) is 49.7 Å². The van der Waals surface area contributed by atoms with Crippen molar-refractivity contribution < 1.29 is 13.9 Å². The first-order valence-electron chi connectivity index (χ1n) is 11.8. The van der Waals surface area contributed by atoms with Gasteiger partial charge in [-0.1, -0.05) is 6.42 Å². The summed E-state index contributed by atoms with van der Waals surface area (Å²) in [5, 5.41) is 7.51. The standard InChI is InChI=1S/C24H23FN6O2/c25-13-7-14-19-24-10-23(24,11-24)12-30(19)18-5-6-31-20(29-18)15(9-27-31)21(32)28-16-3-1-2-4-17(16)33-22(14)26-8-13/h5-9,16-17,19H,1-4,10-12H2,(H,28,32)/t16-,17-,19+,23?,24?/m1/s1. The zero-order valence-corrected chi connectivity index (χ0v) is 18.0. The van der Waals surface area contributed by atoms with Crippen LogP contribution in [0.1, 0.15) is 60.5 Å². The molecule has 0 aromatic carbocycles. The number of hydrogen-bond donors (Lipinski definition) is 1. The minimum absolute atomic E-state index is 0.0384. The Labute approximate surface area is 189 Å². The van der Waals surface area contributed by atoms with Crippen LogP contribution in [0.3, 0.4) is 0 Å². The molecule has 3 aliphatic carbocycles. The summed E-state index contributed by atoms with van der Waals surface area (Å²) in [6.45, 7) is 0.874. The highest BCUT2D eigenvalue weighted by atomic mass is 19.1. The van der Waals surface area contributed by atoms with Gasteiger partial charge in [-0.3, -0.25) is 4.79 Å². The van der Waals surface area contributed by atoms with Crippen LogP contribution in [0.2, 0.25) is 0 Å². The molecule has 5 aliphatic rings. The topological polar surface area (TPSA) is 84.7 Å². The number of nitrogens with zero attached hydrogens (tertiary/aromatic N) is 5. The largest absolute Gasteiger partial charge is 0.472 e. The number of halogens is 1. The number of piperidine rings is 2. The van der Waals surface area contributed by atoms with Gasteiger partial charge in [0.25, 0.3) is 5.91 Å². The first-order valence-corrected chi connectivity index (χ1v) is 11.8. The maximum atomic E-state index is 14.5. The van der Waals surface area contributed by atoms with Crippen molar-refractivity contribution in [3.05, 3.63) is 47.7 Å². The molecule has 33 heavy (non-hydrogen) atoms. The Morgan fingerprint density at radius 1 is 1.21 bits per heavy atom. The molecule has 0 radical (unpaired) electrons. The average molecular weight is 446 g/mol. The lowest BCUT2D eigenvalue weighted by molar-refractivity contribution is 0.0781. The van der Waals surface area contributed by atoms with E-state index in [-0.39, 0.29) is 35.3 Å². The van der Waals surface area contributed by atoms with Crippen LogP contribution in [0.4, 0.5) is 10.2 Å². The molecule has 3 atom stereocenters. The van der Waals surface area contributed by atoms with Crippen LogP contribution in [-0.2, 0) is 0 Å². The third kappa shape index (κ3) is 2.30. The Kier molecular flexibility index (Phi) is 3.21. The number of aromatic nitrogens is 4. The van der Waals surface area contributed by atoms with Crippen LogP contribution < -0.4 is 15.0 Å². The first kappa shape index (κ1) is 18.2. The molecule has 3 aromatic heterocycles. The molecule has 2 aliphatic heterocycles. The highest BCUT2D eigenvalue weighted by Gasteiger charge is 2.90. The van der Waals surface area contributed by atoms with Gasteiger partial charge in [0.15, 0.2) is 5.65 Å². The van der Waals surface area contributed by atoms with E-state index >= 15 is 0 Å². The molecular weight excluding hydrogens is 423 g/mol. The van der Waals surface area contributed by atoms with E-state index in [1.54, 1.807) is 16.8 Å². The van der Waals surface area contributed by atoms with Crippen molar-refractivity contribution in [1.29, 1.82) is 0 Å². The normalized spacial score (nSPS) is 35.6. The number of pyridine rings is 1. The van der Waals surface area contributed by atoms with Gasteiger partial charge in [-0.2, -0.15) is 5.10 Å². The Morgan fingerprint density at radius 2 is 2.09 bits per heavy atom. The predicted molar refractivity (Wildman–Crippen MR) is 116 cm³/mol. The second-order valence-electron chi connectivity index (χ2n) is 10.5. The zero-order chi connectivity index (χ0) is 21.9. The number of fused-ring (bicyclic) bond motifs is 6. The number of anilines is 1. The van der Waals surface area contributed by atoms with Gasteiger partial charge in [0.2, 0.25) is 5.88 Å². The maximum absolute atomic E-state index is 14.5. The second kappa shape index (κ2) is 5.81. The number of amides is 1. The highest BCUT2D eigenvalue weighted by molar-refractivity contribution is 6.00. The van der Waals surface area contributed by atoms with Crippen molar-refractivity contribution in [2.75, 3.05) is 11.4 Å². The van der Waals surface area contributed by atoms with E-state index in [0.29, 0.717) is 22.5 Å². The lowest BCUT2D eigenvalue weighted by Crippen LogP contribution is -2.48. The van der Waals surface area contributed by atoms with E-state index in [2.05, 4.69) is 20.3 Å². The molecule has 5 heterocycles. The van der Waals surface area contributed by atoms with Gasteiger partial charge in [0, 0.05) is 23.7 Å². The minimum atomic E-state index is -0.355. The van der Waals surface area contributed by atoms with Gasteiger partial charge >= 0.3 is 0 Å². The van der Waals surface area contributed by atoms with Crippen molar-refractivity contribution in [3.8, 4) is 5.88 Å². The van der Waals surface area contributed by atoms with Crippen LogP contribution in [-0.4, -0.2) is 44.2 Å². The number of nitrogens with one attached hydrogen (secondary N) is 1. The molecular formula is C24H23FN6O2. The smallest absolute Gasteiger partial charge is 0.257 e. The molecule has 8 rings (SSSR count). The minimum Gasteiger partial charge on any atom is -0.472 e. The molecule has 3 saturated carbocycles. The lowest BCUT2D eigenvalue weighted by Gasteiger charge is -2.36. The molecule has 1 saturated heterocycles. The lowest BCUT2D eigenvalue weighted by atomic mass is 9.91. The van der Waals surface area contributed by atoms with Gasteiger partial charge in [-0.25, -0.2) is 18.9 Å². The van der Waals surface area contributed by atoms with E-state index in [4.69, 9.17) is 9.72 Å². The second-order valence-corrected chi connectivity index (χ2v) is 10.5. The molecule has 168 valence electrons. The molecule has 2 bridgehead atoms. The summed E-state index contributed by atoms with van der Waals surface area (Å²) in [4.78, 5) is 24.8. The molecule has 1 amide bonds. The van der Waals surface area contributed by atoms with Gasteiger partial charge in [-0.15, -0.1) is 0 Å². The van der Waals surface area contributed by atoms with E-state index in [1.807, 2.05) is 12.3 Å². The molecule has 1 N–H and O–H groups in total. The van der Waals surface area contributed by atoms with Gasteiger partial charge in [0.1, 0.15) is 23.3 Å². The summed E-state index contributed by atoms with van der Waals surface area (Å²) >= 11 is 0. The number of carbonyl (C=O) groups is 1. The zero-order valence-electron chi connectivity index (χ0n) is 18.0. The van der Waals surface area contributed by atoms with Crippen LogP contribution in [0, 0.1) is 16.6 Å². The van der Waals surface area contributed by atoms with Crippen LogP contribution in [0.25, 0.3) is 5.65 Å². The van der Waals surface area contributed by atoms with Gasteiger partial charge < -0.3 is 15.0 Å². The van der Waals surface area contributed by atoms with E-state index in [0.717, 1.165) is 56.5 Å². The number of carbonyl (C=O) groups excluding carboxylic acids is 1. The van der Waals surface area contributed by atoms with Crippen molar-refractivity contribution in [2.45, 2.75) is 56.7 Å². The highest BCUT2D eigenvalue weighted by Crippen LogP contribution is 2.94. The van der Waals surface area contributed by atoms with Crippen molar-refractivity contribution in [2.24, 2.45) is 10.8 Å². The Hall–Kier alpha value is -3.23. The maximum Gasteiger partial charge on any atom is 0.257 e. The van der Waals surface area contributed by atoms with Crippen molar-refractivity contribution in [1.82, 2.24) is 24.9 Å². The molecule has 4 fully saturated rings. The number of ether oxygens (including phenoxy) is 1. The summed E-state index contributed by atoms with van der Waals surface area (Å²) in [5.41, 5.74) is 2.25. The summed E-state index contributed by atoms with van der Waals surface area (Å²) in [7, 11) is 0. The molecule has 3 aromatic rings. The predicted octanol–water partition coefficient (Wildman–Crippen LogP) is 3.04. The molecule has 9 heteroatoms.